The Labute approximate surface area is 169 Å². The number of rotatable bonds is 7. The Morgan fingerprint density at radius 1 is 1.07 bits per heavy atom. The molecule has 0 spiro atoms. The Morgan fingerprint density at radius 3 is 2.64 bits per heavy atom. The van der Waals surface area contributed by atoms with Crippen molar-refractivity contribution in [2.75, 3.05) is 44.2 Å². The summed E-state index contributed by atoms with van der Waals surface area (Å²) in [6, 6.07) is 3.94. The molecule has 1 aliphatic heterocycles. The topological polar surface area (TPSA) is 67.3 Å². The molecule has 3 aromatic rings. The third kappa shape index (κ3) is 4.39. The van der Waals surface area contributed by atoms with E-state index in [0.717, 1.165) is 73.3 Å². The van der Waals surface area contributed by atoms with Crippen LogP contribution in [0, 0.1) is 13.8 Å². The molecular formula is C20H26N6OS. The average molecular weight is 399 g/mol. The molecule has 0 aromatic carbocycles. The van der Waals surface area contributed by atoms with Crippen molar-refractivity contribution in [3.05, 3.63) is 35.8 Å². The molecule has 0 bridgehead atoms. The molecule has 0 saturated carbocycles. The molecular weight excluding hydrogens is 372 g/mol. The summed E-state index contributed by atoms with van der Waals surface area (Å²) in [5.74, 6) is 1.58. The summed E-state index contributed by atoms with van der Waals surface area (Å²) in [5.41, 5.74) is 2.21. The minimum absolute atomic E-state index is 0.698. The lowest BCUT2D eigenvalue weighted by molar-refractivity contribution is 0.237. The summed E-state index contributed by atoms with van der Waals surface area (Å²) in [6.07, 6.45) is 5.76. The number of nitrogens with zero attached hydrogens (tertiary/aromatic N) is 6. The molecule has 0 amide bonds. The highest BCUT2D eigenvalue weighted by Crippen LogP contribution is 2.30. The number of fused-ring (bicyclic) bond motifs is 1. The van der Waals surface area contributed by atoms with Gasteiger partial charge in [-0.2, -0.15) is 4.37 Å². The van der Waals surface area contributed by atoms with E-state index in [-0.39, 0.29) is 0 Å². The van der Waals surface area contributed by atoms with Crippen LogP contribution in [-0.2, 0) is 0 Å². The Hall–Kier alpha value is -2.32. The van der Waals surface area contributed by atoms with E-state index in [9.17, 15) is 0 Å². The van der Waals surface area contributed by atoms with Crippen LogP contribution in [0.25, 0.3) is 10.2 Å². The normalized spacial score (nSPS) is 15.3. The number of pyridine rings is 1. The van der Waals surface area contributed by atoms with Gasteiger partial charge in [0.1, 0.15) is 4.83 Å². The second-order valence-corrected chi connectivity index (χ2v) is 7.93. The van der Waals surface area contributed by atoms with Crippen molar-refractivity contribution in [2.24, 2.45) is 0 Å². The quantitative estimate of drug-likeness (QED) is 0.567. The van der Waals surface area contributed by atoms with Crippen LogP contribution in [0.4, 0.5) is 5.95 Å². The van der Waals surface area contributed by atoms with Crippen LogP contribution in [0.15, 0.2) is 24.5 Å². The van der Waals surface area contributed by atoms with Gasteiger partial charge in [0.2, 0.25) is 11.8 Å². The number of aromatic nitrogens is 4. The van der Waals surface area contributed by atoms with Crippen LogP contribution < -0.4 is 9.64 Å². The predicted octanol–water partition coefficient (Wildman–Crippen LogP) is 3.08. The van der Waals surface area contributed by atoms with Gasteiger partial charge in [0.25, 0.3) is 0 Å². The number of hydrogen-bond donors (Lipinski definition) is 0. The molecule has 7 nitrogen and oxygen atoms in total. The molecule has 28 heavy (non-hydrogen) atoms. The molecule has 0 N–H and O–H groups in total. The SMILES string of the molecule is Cc1cc(C)c2c(OCCCCN3CCN(c4ncccn4)CC3)nsc2n1. The maximum absolute atomic E-state index is 5.96. The first-order valence-electron chi connectivity index (χ1n) is 9.81. The van der Waals surface area contributed by atoms with Crippen LogP contribution in [0.5, 0.6) is 5.88 Å². The molecule has 0 radical (unpaired) electrons. The largest absolute Gasteiger partial charge is 0.477 e. The van der Waals surface area contributed by atoms with Gasteiger partial charge in [-0.15, -0.1) is 0 Å². The highest BCUT2D eigenvalue weighted by atomic mass is 32.1. The Kier molecular flexibility index (Phi) is 5.97. The number of piperazine rings is 1. The summed E-state index contributed by atoms with van der Waals surface area (Å²) >= 11 is 1.42. The smallest absolute Gasteiger partial charge is 0.235 e. The summed E-state index contributed by atoms with van der Waals surface area (Å²) in [6.45, 7) is 9.99. The van der Waals surface area contributed by atoms with Crippen LogP contribution in [0.2, 0.25) is 0 Å². The van der Waals surface area contributed by atoms with E-state index in [2.05, 4.69) is 42.1 Å². The highest BCUT2D eigenvalue weighted by molar-refractivity contribution is 7.13. The Morgan fingerprint density at radius 2 is 1.86 bits per heavy atom. The molecule has 0 atom stereocenters. The van der Waals surface area contributed by atoms with E-state index >= 15 is 0 Å². The zero-order valence-corrected chi connectivity index (χ0v) is 17.3. The van der Waals surface area contributed by atoms with Gasteiger partial charge in [-0.1, -0.05) is 0 Å². The van der Waals surface area contributed by atoms with Crippen molar-refractivity contribution >= 4 is 27.7 Å². The number of unbranched alkanes of at least 4 members (excludes halogenated alkanes) is 1. The Bertz CT molecular complexity index is 908. The minimum Gasteiger partial charge on any atom is -0.477 e. The highest BCUT2D eigenvalue weighted by Gasteiger charge is 2.18. The van der Waals surface area contributed by atoms with E-state index in [1.807, 2.05) is 13.0 Å². The van der Waals surface area contributed by atoms with Gasteiger partial charge in [0, 0.05) is 44.3 Å². The van der Waals surface area contributed by atoms with Crippen LogP contribution in [0.3, 0.4) is 0 Å². The first kappa shape index (κ1) is 19.0. The maximum atomic E-state index is 5.96. The van der Waals surface area contributed by atoms with Crippen molar-refractivity contribution in [1.82, 2.24) is 24.2 Å². The molecule has 1 fully saturated rings. The molecule has 4 heterocycles. The van der Waals surface area contributed by atoms with Crippen molar-refractivity contribution in [1.29, 1.82) is 0 Å². The zero-order chi connectivity index (χ0) is 19.3. The first-order chi connectivity index (χ1) is 13.7. The lowest BCUT2D eigenvalue weighted by Crippen LogP contribution is -2.47. The van der Waals surface area contributed by atoms with Crippen molar-refractivity contribution in [2.45, 2.75) is 26.7 Å². The fourth-order valence-corrected chi connectivity index (χ4v) is 4.43. The summed E-state index contributed by atoms with van der Waals surface area (Å²) in [5, 5.41) is 1.06. The number of anilines is 1. The second-order valence-electron chi connectivity index (χ2n) is 7.18. The number of hydrogen-bond acceptors (Lipinski definition) is 8. The molecule has 1 saturated heterocycles. The monoisotopic (exact) mass is 398 g/mol. The van der Waals surface area contributed by atoms with Gasteiger partial charge >= 0.3 is 0 Å². The summed E-state index contributed by atoms with van der Waals surface area (Å²) in [4.78, 5) is 19.0. The van der Waals surface area contributed by atoms with Gasteiger partial charge in [-0.25, -0.2) is 15.0 Å². The third-order valence-corrected chi connectivity index (χ3v) is 5.78. The van der Waals surface area contributed by atoms with E-state index in [4.69, 9.17) is 4.74 Å². The van der Waals surface area contributed by atoms with Gasteiger partial charge in [-0.3, -0.25) is 4.90 Å². The van der Waals surface area contributed by atoms with E-state index in [1.165, 1.54) is 17.1 Å². The molecule has 148 valence electrons. The van der Waals surface area contributed by atoms with Crippen LogP contribution in [0.1, 0.15) is 24.1 Å². The number of aryl methyl sites for hydroxylation is 2. The minimum atomic E-state index is 0.698. The molecule has 3 aromatic heterocycles. The molecule has 0 aliphatic carbocycles. The van der Waals surface area contributed by atoms with Crippen molar-refractivity contribution in [3.63, 3.8) is 0 Å². The fraction of sp³-hybridized carbons (Fsp3) is 0.500. The van der Waals surface area contributed by atoms with Gasteiger partial charge in [-0.05, 0) is 62.5 Å². The predicted molar refractivity (Wildman–Crippen MR) is 112 cm³/mol. The van der Waals surface area contributed by atoms with Gasteiger partial charge < -0.3 is 9.64 Å². The maximum Gasteiger partial charge on any atom is 0.235 e. The van der Waals surface area contributed by atoms with E-state index in [1.54, 1.807) is 12.4 Å². The molecule has 4 rings (SSSR count). The first-order valence-corrected chi connectivity index (χ1v) is 10.6. The zero-order valence-electron chi connectivity index (χ0n) is 16.5. The molecule has 0 unspecified atom stereocenters. The van der Waals surface area contributed by atoms with Crippen LogP contribution >= 0.6 is 11.5 Å². The number of ether oxygens (including phenoxy) is 1. The Balaban J connectivity index is 1.18. The fourth-order valence-electron chi connectivity index (χ4n) is 3.59. The van der Waals surface area contributed by atoms with E-state index in [0.29, 0.717) is 6.61 Å². The summed E-state index contributed by atoms with van der Waals surface area (Å²) < 4.78 is 10.4. The average Bonchev–Trinajstić information content (AvgIpc) is 3.12. The van der Waals surface area contributed by atoms with Gasteiger partial charge in [0.05, 0.1) is 12.0 Å². The standard InChI is InChI=1S/C20H26N6OS/c1-15-14-16(2)23-19-17(15)18(24-28-19)27-13-4-3-8-25-9-11-26(12-10-25)20-21-6-5-7-22-20/h5-7,14H,3-4,8-13H2,1-2H3. The van der Waals surface area contributed by atoms with Crippen molar-refractivity contribution in [3.8, 4) is 5.88 Å². The second kappa shape index (κ2) is 8.79. The summed E-state index contributed by atoms with van der Waals surface area (Å²) in [7, 11) is 0. The molecule has 8 heteroatoms. The van der Waals surface area contributed by atoms with Crippen LogP contribution in [-0.4, -0.2) is 63.6 Å². The molecule has 1 aliphatic rings. The van der Waals surface area contributed by atoms with Gasteiger partial charge in [0.15, 0.2) is 0 Å². The lowest BCUT2D eigenvalue weighted by Gasteiger charge is -2.34. The van der Waals surface area contributed by atoms with Crippen molar-refractivity contribution < 1.29 is 4.74 Å². The lowest BCUT2D eigenvalue weighted by atomic mass is 10.2. The van der Waals surface area contributed by atoms with E-state index < -0.39 is 0 Å². The third-order valence-electron chi connectivity index (χ3n) is 5.06.